The van der Waals surface area contributed by atoms with Crippen LogP contribution < -0.4 is 10.5 Å². The van der Waals surface area contributed by atoms with Crippen molar-refractivity contribution in [3.63, 3.8) is 0 Å². The van der Waals surface area contributed by atoms with E-state index in [1.807, 2.05) is 11.8 Å². The lowest BCUT2D eigenvalue weighted by Gasteiger charge is -2.37. The molecule has 6 nitrogen and oxygen atoms in total. The van der Waals surface area contributed by atoms with Crippen molar-refractivity contribution >= 4 is 33.1 Å². The van der Waals surface area contributed by atoms with Crippen LogP contribution in [0.1, 0.15) is 58.1 Å². The number of carbonyl (C=O) groups is 1. The Hall–Kier alpha value is -2.67. The first kappa shape index (κ1) is 21.2. The van der Waals surface area contributed by atoms with Gasteiger partial charge in [-0.15, -0.1) is 11.3 Å². The van der Waals surface area contributed by atoms with Crippen molar-refractivity contribution in [1.82, 2.24) is 14.5 Å². The second kappa shape index (κ2) is 8.35. The van der Waals surface area contributed by atoms with Crippen LogP contribution in [0.4, 0.5) is 5.69 Å². The van der Waals surface area contributed by atoms with Crippen LogP contribution in [-0.4, -0.2) is 46.5 Å². The quantitative estimate of drug-likeness (QED) is 0.591. The molecule has 0 N–H and O–H groups in total. The Balaban J connectivity index is 1.38. The summed E-state index contributed by atoms with van der Waals surface area (Å²) in [5.74, 6) is -0.000111. The molecular weight excluding hydrogens is 420 g/mol. The average molecular weight is 451 g/mol. The number of piperazine rings is 1. The molecule has 168 valence electrons. The number of amides is 1. The maximum absolute atomic E-state index is 13.5. The van der Waals surface area contributed by atoms with Gasteiger partial charge in [0.1, 0.15) is 10.2 Å². The zero-order valence-electron chi connectivity index (χ0n) is 19.1. The van der Waals surface area contributed by atoms with Crippen LogP contribution >= 0.6 is 11.3 Å². The monoisotopic (exact) mass is 450 g/mol. The topological polar surface area (TPSA) is 58.4 Å². The number of fused-ring (bicyclic) bond motifs is 1. The number of aryl methyl sites for hydroxylation is 3. The van der Waals surface area contributed by atoms with Crippen molar-refractivity contribution in [1.29, 1.82) is 0 Å². The summed E-state index contributed by atoms with van der Waals surface area (Å²) in [4.78, 5) is 36.4. The molecule has 0 atom stereocenters. The third-order valence-corrected chi connectivity index (χ3v) is 8.09. The number of carbonyl (C=O) groups excluding carboxylic acids is 1. The molecule has 1 aliphatic heterocycles. The van der Waals surface area contributed by atoms with Crippen LogP contribution in [0.25, 0.3) is 10.2 Å². The van der Waals surface area contributed by atoms with Gasteiger partial charge in [0.05, 0.1) is 11.9 Å². The van der Waals surface area contributed by atoms with E-state index in [-0.39, 0.29) is 17.5 Å². The van der Waals surface area contributed by atoms with Crippen molar-refractivity contribution in [2.75, 3.05) is 31.1 Å². The maximum atomic E-state index is 13.5. The summed E-state index contributed by atoms with van der Waals surface area (Å²) in [5, 5.41) is 0. The predicted octanol–water partition coefficient (Wildman–Crippen LogP) is 4.46. The van der Waals surface area contributed by atoms with E-state index in [4.69, 9.17) is 0 Å². The first-order valence-electron chi connectivity index (χ1n) is 11.6. The van der Waals surface area contributed by atoms with Crippen molar-refractivity contribution < 1.29 is 4.79 Å². The normalized spacial score (nSPS) is 17.5. The summed E-state index contributed by atoms with van der Waals surface area (Å²) < 4.78 is 2.41. The molecule has 1 saturated heterocycles. The molecule has 3 heterocycles. The van der Waals surface area contributed by atoms with Gasteiger partial charge in [-0.2, -0.15) is 0 Å². The van der Waals surface area contributed by atoms with E-state index in [0.717, 1.165) is 43.6 Å². The van der Waals surface area contributed by atoms with Crippen LogP contribution in [0.15, 0.2) is 29.3 Å². The van der Waals surface area contributed by atoms with E-state index in [2.05, 4.69) is 41.9 Å². The van der Waals surface area contributed by atoms with Gasteiger partial charge in [0.15, 0.2) is 0 Å². The Morgan fingerprint density at radius 1 is 1.06 bits per heavy atom. The Morgan fingerprint density at radius 2 is 1.78 bits per heavy atom. The molecule has 32 heavy (non-hydrogen) atoms. The standard InChI is InChI=1S/C25H30N4O2S/c1-16-8-9-17(2)20(14-16)27-10-12-28(13-11-27)24(30)21-18(3)32-23-22(21)26-15-29(25(23)31)19-6-4-5-7-19/h8-9,14-15,19H,4-7,10-13H2,1-3H3. The van der Waals surface area contributed by atoms with Crippen molar-refractivity contribution in [3.05, 3.63) is 56.4 Å². The van der Waals surface area contributed by atoms with Crippen molar-refractivity contribution in [2.24, 2.45) is 0 Å². The molecule has 2 aliphatic rings. The third kappa shape index (κ3) is 3.62. The lowest BCUT2D eigenvalue weighted by atomic mass is 10.1. The Labute approximate surface area is 192 Å². The minimum absolute atomic E-state index is 0.000111. The first-order chi connectivity index (χ1) is 15.4. The zero-order valence-corrected chi connectivity index (χ0v) is 19.9. The van der Waals surface area contributed by atoms with E-state index in [9.17, 15) is 9.59 Å². The largest absolute Gasteiger partial charge is 0.368 e. The van der Waals surface area contributed by atoms with E-state index >= 15 is 0 Å². The fourth-order valence-electron chi connectivity index (χ4n) is 5.15. The number of hydrogen-bond acceptors (Lipinski definition) is 5. The molecule has 0 unspecified atom stereocenters. The van der Waals surface area contributed by atoms with Gasteiger partial charge >= 0.3 is 0 Å². The highest BCUT2D eigenvalue weighted by atomic mass is 32.1. The van der Waals surface area contributed by atoms with Gasteiger partial charge in [-0.1, -0.05) is 25.0 Å². The number of hydrogen-bond donors (Lipinski definition) is 0. The van der Waals surface area contributed by atoms with Crippen molar-refractivity contribution in [3.8, 4) is 0 Å². The Bertz CT molecular complexity index is 1230. The molecular formula is C25H30N4O2S. The van der Waals surface area contributed by atoms with Gasteiger partial charge in [-0.25, -0.2) is 4.98 Å². The summed E-state index contributed by atoms with van der Waals surface area (Å²) in [6, 6.07) is 6.77. The van der Waals surface area contributed by atoms with Crippen LogP contribution in [0, 0.1) is 20.8 Å². The van der Waals surface area contributed by atoms with E-state index in [1.54, 1.807) is 10.9 Å². The Morgan fingerprint density at radius 3 is 2.50 bits per heavy atom. The van der Waals surface area contributed by atoms with E-state index in [0.29, 0.717) is 28.9 Å². The number of anilines is 1. The maximum Gasteiger partial charge on any atom is 0.271 e. The number of aromatic nitrogens is 2. The minimum atomic E-state index is -0.000111. The molecule has 2 aromatic heterocycles. The van der Waals surface area contributed by atoms with Crippen LogP contribution in [0.5, 0.6) is 0 Å². The molecule has 1 amide bonds. The van der Waals surface area contributed by atoms with E-state index in [1.165, 1.54) is 28.2 Å². The molecule has 7 heteroatoms. The van der Waals surface area contributed by atoms with Crippen LogP contribution in [-0.2, 0) is 0 Å². The van der Waals surface area contributed by atoms with Crippen molar-refractivity contribution in [2.45, 2.75) is 52.5 Å². The third-order valence-electron chi connectivity index (χ3n) is 7.00. The molecule has 1 aliphatic carbocycles. The highest BCUT2D eigenvalue weighted by Gasteiger charge is 2.29. The predicted molar refractivity (Wildman–Crippen MR) is 130 cm³/mol. The van der Waals surface area contributed by atoms with Gasteiger partial charge in [0, 0.05) is 42.8 Å². The molecule has 3 aromatic rings. The lowest BCUT2D eigenvalue weighted by molar-refractivity contribution is 0.0748. The van der Waals surface area contributed by atoms with Crippen LogP contribution in [0.2, 0.25) is 0 Å². The number of rotatable bonds is 3. The highest BCUT2D eigenvalue weighted by Crippen LogP contribution is 2.32. The molecule has 2 fully saturated rings. The smallest absolute Gasteiger partial charge is 0.271 e. The fourth-order valence-corrected chi connectivity index (χ4v) is 6.19. The average Bonchev–Trinajstić information content (AvgIpc) is 3.43. The SMILES string of the molecule is Cc1ccc(C)c(N2CCN(C(=O)c3c(C)sc4c(=O)n(C5CCCC5)cnc34)CC2)c1. The van der Waals surface area contributed by atoms with E-state index < -0.39 is 0 Å². The Kier molecular flexibility index (Phi) is 5.53. The molecule has 0 spiro atoms. The van der Waals surface area contributed by atoms with Gasteiger partial charge < -0.3 is 9.80 Å². The highest BCUT2D eigenvalue weighted by molar-refractivity contribution is 7.19. The number of nitrogens with zero attached hydrogens (tertiary/aromatic N) is 4. The second-order valence-corrected chi connectivity index (χ2v) is 10.4. The second-order valence-electron chi connectivity index (χ2n) is 9.18. The lowest BCUT2D eigenvalue weighted by Crippen LogP contribution is -2.49. The molecule has 0 radical (unpaired) electrons. The summed E-state index contributed by atoms with van der Waals surface area (Å²) in [7, 11) is 0. The van der Waals surface area contributed by atoms with Crippen LogP contribution in [0.3, 0.4) is 0 Å². The summed E-state index contributed by atoms with van der Waals surface area (Å²) >= 11 is 1.42. The van der Waals surface area contributed by atoms with Gasteiger partial charge in [-0.3, -0.25) is 14.2 Å². The summed E-state index contributed by atoms with van der Waals surface area (Å²) in [6.45, 7) is 9.13. The first-order valence-corrected chi connectivity index (χ1v) is 12.4. The zero-order chi connectivity index (χ0) is 22.4. The van der Waals surface area contributed by atoms with Gasteiger partial charge in [0.2, 0.25) is 0 Å². The minimum Gasteiger partial charge on any atom is -0.368 e. The number of benzene rings is 1. The fraction of sp³-hybridized carbons (Fsp3) is 0.480. The summed E-state index contributed by atoms with van der Waals surface area (Å²) in [6.07, 6.45) is 6.07. The van der Waals surface area contributed by atoms with Gasteiger partial charge in [0.25, 0.3) is 11.5 Å². The molecule has 0 bridgehead atoms. The molecule has 1 aromatic carbocycles. The molecule has 1 saturated carbocycles. The summed E-state index contributed by atoms with van der Waals surface area (Å²) in [5.41, 5.74) is 4.96. The number of thiophene rings is 1. The van der Waals surface area contributed by atoms with Gasteiger partial charge in [-0.05, 0) is 50.8 Å². The molecule has 5 rings (SSSR count).